The maximum Gasteiger partial charge on any atom is 0.272 e. The van der Waals surface area contributed by atoms with Crippen LogP contribution in [0.1, 0.15) is 22.8 Å². The summed E-state index contributed by atoms with van der Waals surface area (Å²) in [6.45, 7) is 3.11. The number of nitrogens with zero attached hydrogens (tertiary/aromatic N) is 3. The lowest BCUT2D eigenvalue weighted by Gasteiger charge is -2.08. The van der Waals surface area contributed by atoms with E-state index in [2.05, 4.69) is 15.5 Å². The molecule has 0 aliphatic carbocycles. The molecular weight excluding hydrogens is 408 g/mol. The quantitative estimate of drug-likeness (QED) is 0.472. The predicted molar refractivity (Wildman–Crippen MR) is 111 cm³/mol. The number of nitrogens with one attached hydrogen (secondary N) is 1. The lowest BCUT2D eigenvalue weighted by Crippen LogP contribution is -2.12. The van der Waals surface area contributed by atoms with Crippen LogP contribution in [-0.2, 0) is 9.84 Å². The van der Waals surface area contributed by atoms with Crippen molar-refractivity contribution >= 4 is 27.1 Å². The van der Waals surface area contributed by atoms with E-state index in [0.717, 1.165) is 0 Å². The second-order valence-corrected chi connectivity index (χ2v) is 8.68. The predicted octanol–water partition coefficient (Wildman–Crippen LogP) is 3.41. The fraction of sp³-hybridized carbons (Fsp3) is 0.150. The lowest BCUT2D eigenvalue weighted by molar-refractivity contribution is -0.385. The van der Waals surface area contributed by atoms with E-state index in [-0.39, 0.29) is 16.5 Å². The third-order valence-electron chi connectivity index (χ3n) is 4.43. The molecule has 0 fully saturated rings. The molecule has 0 aliphatic heterocycles. The molecule has 0 aliphatic rings. The Morgan fingerprint density at radius 3 is 2.30 bits per heavy atom. The first-order valence-electron chi connectivity index (χ1n) is 8.94. The SMILES string of the molecule is CCS(=O)(=O)c1ccc(-c2ccc(NC(=O)c3ccc([N+](=O)[O-])c(C)c3)cc2)nn1. The second-order valence-electron chi connectivity index (χ2n) is 6.45. The number of rotatable bonds is 6. The van der Waals surface area contributed by atoms with Crippen LogP contribution < -0.4 is 5.32 Å². The number of nitro groups is 1. The zero-order valence-corrected chi connectivity index (χ0v) is 17.0. The number of carbonyl (C=O) groups is 1. The first-order chi connectivity index (χ1) is 14.2. The Hall–Kier alpha value is -3.66. The zero-order valence-electron chi connectivity index (χ0n) is 16.2. The number of hydrogen-bond acceptors (Lipinski definition) is 7. The number of amides is 1. The van der Waals surface area contributed by atoms with Crippen LogP contribution in [0.15, 0.2) is 59.6 Å². The molecule has 0 spiro atoms. The number of aromatic nitrogens is 2. The van der Waals surface area contributed by atoms with Gasteiger partial charge >= 0.3 is 0 Å². The highest BCUT2D eigenvalue weighted by atomic mass is 32.2. The molecule has 3 rings (SSSR count). The summed E-state index contributed by atoms with van der Waals surface area (Å²) in [5.74, 6) is -0.446. The molecule has 0 bridgehead atoms. The summed E-state index contributed by atoms with van der Waals surface area (Å²) < 4.78 is 23.6. The minimum Gasteiger partial charge on any atom is -0.322 e. The minimum absolute atomic E-state index is 0.0465. The van der Waals surface area contributed by atoms with Crippen LogP contribution in [0.5, 0.6) is 0 Å². The van der Waals surface area contributed by atoms with Crippen molar-refractivity contribution in [2.45, 2.75) is 18.9 Å². The molecule has 0 radical (unpaired) electrons. The van der Waals surface area contributed by atoms with Crippen LogP contribution in [0.4, 0.5) is 11.4 Å². The number of nitro benzene ring substituents is 1. The molecule has 1 aromatic heterocycles. The molecule has 0 atom stereocenters. The van der Waals surface area contributed by atoms with Gasteiger partial charge < -0.3 is 5.32 Å². The van der Waals surface area contributed by atoms with E-state index >= 15 is 0 Å². The molecule has 30 heavy (non-hydrogen) atoms. The average Bonchev–Trinajstić information content (AvgIpc) is 2.74. The van der Waals surface area contributed by atoms with E-state index in [0.29, 0.717) is 28.1 Å². The summed E-state index contributed by atoms with van der Waals surface area (Å²) in [5.41, 5.74) is 2.38. The Balaban J connectivity index is 1.74. The van der Waals surface area contributed by atoms with Gasteiger partial charge in [-0.3, -0.25) is 14.9 Å². The van der Waals surface area contributed by atoms with E-state index in [4.69, 9.17) is 0 Å². The minimum atomic E-state index is -3.41. The van der Waals surface area contributed by atoms with Crippen LogP contribution in [0.25, 0.3) is 11.3 Å². The topological polar surface area (TPSA) is 132 Å². The summed E-state index contributed by atoms with van der Waals surface area (Å²) in [4.78, 5) is 22.8. The first-order valence-corrected chi connectivity index (χ1v) is 10.6. The highest BCUT2D eigenvalue weighted by Gasteiger charge is 2.15. The van der Waals surface area contributed by atoms with Crippen molar-refractivity contribution < 1.29 is 18.1 Å². The molecule has 2 aromatic carbocycles. The van der Waals surface area contributed by atoms with Gasteiger partial charge in [0.05, 0.1) is 16.4 Å². The largest absolute Gasteiger partial charge is 0.322 e. The Kier molecular flexibility index (Phi) is 5.88. The van der Waals surface area contributed by atoms with Gasteiger partial charge in [-0.2, -0.15) is 0 Å². The van der Waals surface area contributed by atoms with E-state index in [1.807, 2.05) is 0 Å². The van der Waals surface area contributed by atoms with Crippen molar-refractivity contribution in [2.75, 3.05) is 11.1 Å². The Labute approximate surface area is 172 Å². The van der Waals surface area contributed by atoms with Crippen LogP contribution in [0.2, 0.25) is 0 Å². The number of aryl methyl sites for hydroxylation is 1. The molecule has 0 saturated heterocycles. The molecule has 1 amide bonds. The maximum absolute atomic E-state index is 12.4. The van der Waals surface area contributed by atoms with Gasteiger partial charge in [-0.1, -0.05) is 19.1 Å². The average molecular weight is 426 g/mol. The van der Waals surface area contributed by atoms with Gasteiger partial charge in [-0.05, 0) is 43.3 Å². The van der Waals surface area contributed by atoms with E-state index < -0.39 is 20.7 Å². The van der Waals surface area contributed by atoms with E-state index in [1.54, 1.807) is 37.3 Å². The normalized spacial score (nSPS) is 11.1. The van der Waals surface area contributed by atoms with Crippen LogP contribution >= 0.6 is 0 Å². The van der Waals surface area contributed by atoms with Gasteiger partial charge in [0, 0.05) is 28.4 Å². The number of carbonyl (C=O) groups excluding carboxylic acids is 1. The van der Waals surface area contributed by atoms with Crippen molar-refractivity contribution in [1.82, 2.24) is 10.2 Å². The Bertz CT molecular complexity index is 1210. The van der Waals surface area contributed by atoms with Crippen LogP contribution in [0, 0.1) is 17.0 Å². The number of benzene rings is 2. The third-order valence-corrected chi connectivity index (χ3v) is 6.05. The summed E-state index contributed by atoms with van der Waals surface area (Å²) in [7, 11) is -3.41. The molecule has 0 saturated carbocycles. The Morgan fingerprint density at radius 1 is 1.07 bits per heavy atom. The van der Waals surface area contributed by atoms with Crippen molar-refractivity contribution in [3.63, 3.8) is 0 Å². The van der Waals surface area contributed by atoms with Crippen molar-refractivity contribution in [1.29, 1.82) is 0 Å². The molecule has 9 nitrogen and oxygen atoms in total. The fourth-order valence-corrected chi connectivity index (χ4v) is 3.45. The summed E-state index contributed by atoms with van der Waals surface area (Å²) >= 11 is 0. The molecule has 3 aromatic rings. The highest BCUT2D eigenvalue weighted by Crippen LogP contribution is 2.22. The second kappa shape index (κ2) is 8.37. The van der Waals surface area contributed by atoms with Crippen LogP contribution in [-0.4, -0.2) is 35.2 Å². The van der Waals surface area contributed by atoms with Gasteiger partial charge in [0.15, 0.2) is 14.9 Å². The smallest absolute Gasteiger partial charge is 0.272 e. The maximum atomic E-state index is 12.4. The Morgan fingerprint density at radius 2 is 1.77 bits per heavy atom. The first kappa shape index (κ1) is 21.1. The lowest BCUT2D eigenvalue weighted by atomic mass is 10.1. The molecule has 0 unspecified atom stereocenters. The summed E-state index contributed by atoms with van der Waals surface area (Å²) in [6.07, 6.45) is 0. The van der Waals surface area contributed by atoms with E-state index in [1.165, 1.54) is 31.2 Å². The molecule has 154 valence electrons. The van der Waals surface area contributed by atoms with Crippen molar-refractivity contribution in [3.05, 3.63) is 75.8 Å². The third kappa shape index (κ3) is 4.49. The number of hydrogen-bond donors (Lipinski definition) is 1. The number of sulfone groups is 1. The fourth-order valence-electron chi connectivity index (χ4n) is 2.72. The van der Waals surface area contributed by atoms with Crippen molar-refractivity contribution in [2.24, 2.45) is 0 Å². The zero-order chi connectivity index (χ0) is 21.9. The molecular formula is C20H18N4O5S. The molecule has 1 heterocycles. The van der Waals surface area contributed by atoms with E-state index in [9.17, 15) is 23.3 Å². The summed E-state index contributed by atoms with van der Waals surface area (Å²) in [6, 6.07) is 13.9. The van der Waals surface area contributed by atoms with Gasteiger partial charge in [-0.25, -0.2) is 8.42 Å². The standard InChI is InChI=1S/C20H18N4O5S/c1-3-30(28,29)19-11-9-17(22-23-19)14-4-7-16(8-5-14)21-20(25)15-6-10-18(24(26)27)13(2)12-15/h4-12H,3H2,1-2H3,(H,21,25). The van der Waals surface area contributed by atoms with Gasteiger partial charge in [0.25, 0.3) is 11.6 Å². The van der Waals surface area contributed by atoms with Crippen LogP contribution in [0.3, 0.4) is 0 Å². The molecule has 10 heteroatoms. The monoisotopic (exact) mass is 426 g/mol. The van der Waals surface area contributed by atoms with Gasteiger partial charge in [-0.15, -0.1) is 10.2 Å². The van der Waals surface area contributed by atoms with Gasteiger partial charge in [0.1, 0.15) is 0 Å². The molecule has 1 N–H and O–H groups in total. The highest BCUT2D eigenvalue weighted by molar-refractivity contribution is 7.91. The van der Waals surface area contributed by atoms with Gasteiger partial charge in [0.2, 0.25) is 0 Å². The number of anilines is 1. The summed E-state index contributed by atoms with van der Waals surface area (Å²) in [5, 5.41) is 21.3. The van der Waals surface area contributed by atoms with Crippen molar-refractivity contribution in [3.8, 4) is 11.3 Å².